The maximum Gasteiger partial charge on any atom is 0.270 e. The molecule has 4 rings (SSSR count). The van der Waals surface area contributed by atoms with Crippen molar-refractivity contribution < 1.29 is 9.59 Å². The van der Waals surface area contributed by atoms with E-state index in [2.05, 4.69) is 20.5 Å². The second-order valence-electron chi connectivity index (χ2n) is 8.37. The van der Waals surface area contributed by atoms with Gasteiger partial charge in [-0.1, -0.05) is 29.8 Å². The first-order chi connectivity index (χ1) is 16.0. The van der Waals surface area contributed by atoms with E-state index in [1.54, 1.807) is 0 Å². The van der Waals surface area contributed by atoms with E-state index in [-0.39, 0.29) is 17.7 Å². The lowest BCUT2D eigenvalue weighted by Crippen LogP contribution is -2.38. The minimum atomic E-state index is -0.131. The average Bonchev–Trinajstić information content (AvgIpc) is 3.48. The molecule has 2 amide bonds. The van der Waals surface area contributed by atoms with E-state index < -0.39 is 0 Å². The van der Waals surface area contributed by atoms with E-state index in [0.29, 0.717) is 36.8 Å². The summed E-state index contributed by atoms with van der Waals surface area (Å²) in [5.74, 6) is 0.255. The van der Waals surface area contributed by atoms with Crippen LogP contribution in [-0.2, 0) is 17.6 Å². The summed E-state index contributed by atoms with van der Waals surface area (Å²) in [6, 6.07) is 7.48. The molecule has 0 bridgehead atoms. The van der Waals surface area contributed by atoms with Crippen LogP contribution in [0.4, 0.5) is 0 Å². The number of carbonyl (C=O) groups excluding carboxylic acids is 2. The molecule has 1 fully saturated rings. The standard InChI is InChI=1S/C24H28ClN5O2S/c1-16-19(14-27-29-16)6-4-10-26-23(32)21-15-33-24(28-21)17-8-11-30(12-9-17)22(31)13-18-5-2-3-7-20(18)25/h2-3,5,7,14-15,17H,4,6,8-13H2,1H3,(H,26,32)(H,27,29). The molecule has 2 N–H and O–H groups in total. The molecule has 1 aliphatic heterocycles. The van der Waals surface area contributed by atoms with E-state index in [9.17, 15) is 9.59 Å². The van der Waals surface area contributed by atoms with Crippen molar-refractivity contribution in [1.82, 2.24) is 25.4 Å². The summed E-state index contributed by atoms with van der Waals surface area (Å²) in [5, 5.41) is 13.3. The van der Waals surface area contributed by atoms with E-state index in [1.165, 1.54) is 16.9 Å². The number of likely N-dealkylation sites (tertiary alicyclic amines) is 1. The number of H-pyrrole nitrogens is 1. The highest BCUT2D eigenvalue weighted by molar-refractivity contribution is 7.09. The van der Waals surface area contributed by atoms with Gasteiger partial charge in [-0.2, -0.15) is 5.10 Å². The Kier molecular flexibility index (Phi) is 7.77. The number of thiazole rings is 1. The quantitative estimate of drug-likeness (QED) is 0.469. The second kappa shape index (κ2) is 10.9. The van der Waals surface area contributed by atoms with E-state index >= 15 is 0 Å². The molecule has 1 aromatic carbocycles. The molecule has 0 radical (unpaired) electrons. The van der Waals surface area contributed by atoms with Gasteiger partial charge < -0.3 is 10.2 Å². The van der Waals surface area contributed by atoms with Crippen molar-refractivity contribution in [3.8, 4) is 0 Å². The van der Waals surface area contributed by atoms with Gasteiger partial charge in [0, 0.05) is 41.6 Å². The normalized spacial score (nSPS) is 14.4. The topological polar surface area (TPSA) is 91.0 Å². The fourth-order valence-electron chi connectivity index (χ4n) is 4.07. The van der Waals surface area contributed by atoms with Crippen molar-refractivity contribution in [1.29, 1.82) is 0 Å². The van der Waals surface area contributed by atoms with Crippen LogP contribution < -0.4 is 5.32 Å². The molecular formula is C24H28ClN5O2S. The van der Waals surface area contributed by atoms with E-state index in [0.717, 1.165) is 41.9 Å². The third-order valence-electron chi connectivity index (χ3n) is 6.09. The Labute approximate surface area is 202 Å². The van der Waals surface area contributed by atoms with Crippen LogP contribution in [0.15, 0.2) is 35.8 Å². The van der Waals surface area contributed by atoms with Gasteiger partial charge >= 0.3 is 0 Å². The Balaban J connectivity index is 1.22. The lowest BCUT2D eigenvalue weighted by molar-refractivity contribution is -0.131. The highest BCUT2D eigenvalue weighted by Gasteiger charge is 2.26. The lowest BCUT2D eigenvalue weighted by atomic mass is 9.97. The number of aromatic amines is 1. The molecule has 3 heterocycles. The van der Waals surface area contributed by atoms with Crippen LogP contribution in [-0.4, -0.2) is 51.5 Å². The molecule has 0 saturated carbocycles. The van der Waals surface area contributed by atoms with Crippen LogP contribution >= 0.6 is 22.9 Å². The summed E-state index contributed by atoms with van der Waals surface area (Å²) >= 11 is 7.73. The van der Waals surface area contributed by atoms with Gasteiger partial charge in [-0.15, -0.1) is 11.3 Å². The summed E-state index contributed by atoms with van der Waals surface area (Å²) in [5.41, 5.74) is 3.59. The van der Waals surface area contributed by atoms with E-state index in [1.807, 2.05) is 47.7 Å². The zero-order valence-corrected chi connectivity index (χ0v) is 20.2. The zero-order valence-electron chi connectivity index (χ0n) is 18.6. The fraction of sp³-hybridized carbons (Fsp3) is 0.417. The summed E-state index contributed by atoms with van der Waals surface area (Å²) in [6.45, 7) is 3.99. The number of hydrogen-bond donors (Lipinski definition) is 2. The van der Waals surface area contributed by atoms with Gasteiger partial charge in [0.15, 0.2) is 0 Å². The molecule has 0 unspecified atom stereocenters. The van der Waals surface area contributed by atoms with Gasteiger partial charge in [0.1, 0.15) is 5.69 Å². The van der Waals surface area contributed by atoms with Crippen molar-refractivity contribution in [3.63, 3.8) is 0 Å². The molecule has 33 heavy (non-hydrogen) atoms. The highest BCUT2D eigenvalue weighted by atomic mass is 35.5. The van der Waals surface area contributed by atoms with Crippen LogP contribution in [0.25, 0.3) is 0 Å². The number of piperidine rings is 1. The van der Waals surface area contributed by atoms with E-state index in [4.69, 9.17) is 11.6 Å². The fourth-order valence-corrected chi connectivity index (χ4v) is 5.24. The first kappa shape index (κ1) is 23.4. The molecule has 0 spiro atoms. The Morgan fingerprint density at radius 3 is 2.76 bits per heavy atom. The molecule has 0 atom stereocenters. The highest BCUT2D eigenvalue weighted by Crippen LogP contribution is 2.30. The molecule has 9 heteroatoms. The summed E-state index contributed by atoms with van der Waals surface area (Å²) < 4.78 is 0. The van der Waals surface area contributed by atoms with Crippen molar-refractivity contribution in [2.45, 2.75) is 44.9 Å². The molecule has 3 aromatic rings. The maximum atomic E-state index is 12.7. The van der Waals surface area contributed by atoms with Crippen LogP contribution in [0.3, 0.4) is 0 Å². The molecule has 174 valence electrons. The third-order valence-corrected chi connectivity index (χ3v) is 7.47. The minimum absolute atomic E-state index is 0.103. The first-order valence-corrected chi connectivity index (χ1v) is 12.5. The van der Waals surface area contributed by atoms with Crippen molar-refractivity contribution in [2.75, 3.05) is 19.6 Å². The van der Waals surface area contributed by atoms with Crippen molar-refractivity contribution in [2.24, 2.45) is 0 Å². The largest absolute Gasteiger partial charge is 0.351 e. The predicted molar refractivity (Wildman–Crippen MR) is 130 cm³/mol. The smallest absolute Gasteiger partial charge is 0.270 e. The Morgan fingerprint density at radius 1 is 1.24 bits per heavy atom. The molecular weight excluding hydrogens is 458 g/mol. The number of aromatic nitrogens is 3. The Bertz CT molecular complexity index is 1100. The second-order valence-corrected chi connectivity index (χ2v) is 9.67. The average molecular weight is 486 g/mol. The van der Waals surface area contributed by atoms with Gasteiger partial charge in [-0.05, 0) is 49.8 Å². The molecule has 0 aliphatic carbocycles. The van der Waals surface area contributed by atoms with Gasteiger partial charge in [0.2, 0.25) is 5.91 Å². The van der Waals surface area contributed by atoms with Crippen LogP contribution in [0.1, 0.15) is 57.5 Å². The predicted octanol–water partition coefficient (Wildman–Crippen LogP) is 4.14. The molecule has 1 aliphatic rings. The van der Waals surface area contributed by atoms with Gasteiger partial charge in [-0.25, -0.2) is 4.98 Å². The SMILES string of the molecule is Cc1[nH]ncc1CCCNC(=O)c1csc(C2CCN(C(=O)Cc3ccccc3Cl)CC2)n1. The maximum absolute atomic E-state index is 12.7. The summed E-state index contributed by atoms with van der Waals surface area (Å²) in [7, 11) is 0. The van der Waals surface area contributed by atoms with Gasteiger partial charge in [-0.3, -0.25) is 14.7 Å². The lowest BCUT2D eigenvalue weighted by Gasteiger charge is -2.31. The third kappa shape index (κ3) is 6.00. The molecule has 1 saturated heterocycles. The Morgan fingerprint density at radius 2 is 2.03 bits per heavy atom. The van der Waals surface area contributed by atoms with Crippen LogP contribution in [0.2, 0.25) is 5.02 Å². The number of carbonyl (C=O) groups is 2. The number of aryl methyl sites for hydroxylation is 2. The molecule has 7 nitrogen and oxygen atoms in total. The van der Waals surface area contributed by atoms with Gasteiger partial charge in [0.05, 0.1) is 17.6 Å². The number of rotatable bonds is 8. The minimum Gasteiger partial charge on any atom is -0.351 e. The number of nitrogens with one attached hydrogen (secondary N) is 2. The number of benzene rings is 1. The number of nitrogens with zero attached hydrogens (tertiary/aromatic N) is 3. The zero-order chi connectivity index (χ0) is 23.2. The number of hydrogen-bond acceptors (Lipinski definition) is 5. The van der Waals surface area contributed by atoms with Crippen molar-refractivity contribution >= 4 is 34.8 Å². The number of halogens is 1. The number of amides is 2. The monoisotopic (exact) mass is 485 g/mol. The summed E-state index contributed by atoms with van der Waals surface area (Å²) in [4.78, 5) is 31.6. The summed E-state index contributed by atoms with van der Waals surface area (Å²) in [6.07, 6.45) is 5.59. The molecule has 2 aromatic heterocycles. The van der Waals surface area contributed by atoms with Crippen LogP contribution in [0.5, 0.6) is 0 Å². The first-order valence-electron chi connectivity index (χ1n) is 11.2. The van der Waals surface area contributed by atoms with Gasteiger partial charge in [0.25, 0.3) is 5.91 Å². The van der Waals surface area contributed by atoms with Crippen LogP contribution in [0, 0.1) is 6.92 Å². The Hall–Kier alpha value is -2.71. The van der Waals surface area contributed by atoms with Crippen molar-refractivity contribution in [3.05, 3.63) is 68.4 Å².